The second kappa shape index (κ2) is 6.03. The molecule has 1 aliphatic rings. The molecule has 3 heteroatoms. The zero-order valence-electron chi connectivity index (χ0n) is 10.4. The Morgan fingerprint density at radius 2 is 2.00 bits per heavy atom. The largest absolute Gasteiger partial charge is 0.490 e. The van der Waals surface area contributed by atoms with E-state index < -0.39 is 0 Å². The summed E-state index contributed by atoms with van der Waals surface area (Å²) in [4.78, 5) is 0. The number of benzene rings is 1. The Morgan fingerprint density at radius 3 is 2.59 bits per heavy atom. The van der Waals surface area contributed by atoms with Crippen LogP contribution in [0.4, 0.5) is 0 Å². The maximum Gasteiger partial charge on any atom is 0.119 e. The van der Waals surface area contributed by atoms with Gasteiger partial charge in [0.2, 0.25) is 0 Å². The standard InChI is InChI=1S/C14H21NO2/c1-2-16-10-9-14(15)11-3-5-12(6-4-11)17-13-7-8-13/h3-6,13-14H,2,7-10,15H2,1H3. The van der Waals surface area contributed by atoms with Crippen molar-refractivity contribution in [3.63, 3.8) is 0 Å². The van der Waals surface area contributed by atoms with Gasteiger partial charge in [-0.25, -0.2) is 0 Å². The van der Waals surface area contributed by atoms with Crippen LogP contribution in [0.5, 0.6) is 5.75 Å². The Hall–Kier alpha value is -1.06. The van der Waals surface area contributed by atoms with Gasteiger partial charge in [-0.15, -0.1) is 0 Å². The highest BCUT2D eigenvalue weighted by Gasteiger charge is 2.23. The molecular formula is C14H21NO2. The van der Waals surface area contributed by atoms with Crippen molar-refractivity contribution in [2.45, 2.75) is 38.3 Å². The van der Waals surface area contributed by atoms with Crippen molar-refractivity contribution in [1.29, 1.82) is 0 Å². The molecule has 0 amide bonds. The van der Waals surface area contributed by atoms with Crippen LogP contribution in [0, 0.1) is 0 Å². The van der Waals surface area contributed by atoms with Crippen molar-refractivity contribution in [1.82, 2.24) is 0 Å². The van der Waals surface area contributed by atoms with Crippen molar-refractivity contribution in [2.24, 2.45) is 5.73 Å². The first-order valence-corrected chi connectivity index (χ1v) is 6.39. The van der Waals surface area contributed by atoms with Crippen LogP contribution in [0.2, 0.25) is 0 Å². The molecule has 2 N–H and O–H groups in total. The van der Waals surface area contributed by atoms with Gasteiger partial charge in [0.15, 0.2) is 0 Å². The van der Waals surface area contributed by atoms with E-state index in [1.807, 2.05) is 31.2 Å². The van der Waals surface area contributed by atoms with Gasteiger partial charge in [-0.1, -0.05) is 12.1 Å². The molecule has 2 rings (SSSR count). The second-order valence-electron chi connectivity index (χ2n) is 4.48. The van der Waals surface area contributed by atoms with Crippen LogP contribution >= 0.6 is 0 Å². The summed E-state index contributed by atoms with van der Waals surface area (Å²) in [7, 11) is 0. The number of hydrogen-bond donors (Lipinski definition) is 1. The van der Waals surface area contributed by atoms with E-state index in [4.69, 9.17) is 15.2 Å². The number of ether oxygens (including phenoxy) is 2. The average Bonchev–Trinajstić information content (AvgIpc) is 3.14. The Labute approximate surface area is 103 Å². The fourth-order valence-corrected chi connectivity index (χ4v) is 1.69. The maximum atomic E-state index is 6.08. The molecule has 0 heterocycles. The van der Waals surface area contributed by atoms with Gasteiger partial charge in [0, 0.05) is 19.3 Å². The Balaban J connectivity index is 1.82. The average molecular weight is 235 g/mol. The molecule has 1 aromatic rings. The molecule has 1 aromatic carbocycles. The smallest absolute Gasteiger partial charge is 0.119 e. The Morgan fingerprint density at radius 1 is 1.29 bits per heavy atom. The summed E-state index contributed by atoms with van der Waals surface area (Å²) < 4.78 is 11.0. The zero-order chi connectivity index (χ0) is 12.1. The first-order chi connectivity index (χ1) is 8.29. The predicted molar refractivity (Wildman–Crippen MR) is 68.1 cm³/mol. The molecule has 1 aliphatic carbocycles. The molecule has 1 atom stereocenters. The fourth-order valence-electron chi connectivity index (χ4n) is 1.69. The first-order valence-electron chi connectivity index (χ1n) is 6.39. The minimum absolute atomic E-state index is 0.0523. The van der Waals surface area contributed by atoms with Crippen LogP contribution in [0.25, 0.3) is 0 Å². The molecule has 0 aliphatic heterocycles. The van der Waals surface area contributed by atoms with E-state index in [1.165, 1.54) is 12.8 Å². The van der Waals surface area contributed by atoms with Crippen molar-refractivity contribution >= 4 is 0 Å². The van der Waals surface area contributed by atoms with Crippen molar-refractivity contribution in [3.8, 4) is 5.75 Å². The van der Waals surface area contributed by atoms with Crippen molar-refractivity contribution in [3.05, 3.63) is 29.8 Å². The molecule has 0 radical (unpaired) electrons. The van der Waals surface area contributed by atoms with Gasteiger partial charge in [-0.3, -0.25) is 0 Å². The molecule has 0 bridgehead atoms. The SMILES string of the molecule is CCOCCC(N)c1ccc(OC2CC2)cc1. The van der Waals surface area contributed by atoms with E-state index in [0.29, 0.717) is 6.10 Å². The third kappa shape index (κ3) is 4.02. The highest BCUT2D eigenvalue weighted by atomic mass is 16.5. The molecule has 94 valence electrons. The van der Waals surface area contributed by atoms with E-state index in [2.05, 4.69) is 0 Å². The molecular weight excluding hydrogens is 214 g/mol. The molecule has 1 fully saturated rings. The van der Waals surface area contributed by atoms with Crippen molar-refractivity contribution in [2.75, 3.05) is 13.2 Å². The van der Waals surface area contributed by atoms with Gasteiger partial charge in [0.25, 0.3) is 0 Å². The van der Waals surface area contributed by atoms with Crippen LogP contribution in [0.3, 0.4) is 0 Å². The van der Waals surface area contributed by atoms with Gasteiger partial charge >= 0.3 is 0 Å². The highest BCUT2D eigenvalue weighted by Crippen LogP contribution is 2.27. The number of rotatable bonds is 7. The quantitative estimate of drug-likeness (QED) is 0.739. The zero-order valence-corrected chi connectivity index (χ0v) is 10.4. The summed E-state index contributed by atoms with van der Waals surface area (Å²) in [6.45, 7) is 3.47. The van der Waals surface area contributed by atoms with Gasteiger partial charge in [0.05, 0.1) is 6.10 Å². The summed E-state index contributed by atoms with van der Waals surface area (Å²) in [5.74, 6) is 0.952. The summed E-state index contributed by atoms with van der Waals surface area (Å²) in [6, 6.07) is 8.17. The number of hydrogen-bond acceptors (Lipinski definition) is 3. The topological polar surface area (TPSA) is 44.5 Å². The van der Waals surface area contributed by atoms with E-state index in [-0.39, 0.29) is 6.04 Å². The number of nitrogens with two attached hydrogens (primary N) is 1. The van der Waals surface area contributed by atoms with E-state index in [0.717, 1.165) is 30.9 Å². The van der Waals surface area contributed by atoms with Gasteiger partial charge in [0.1, 0.15) is 5.75 Å². The monoisotopic (exact) mass is 235 g/mol. The maximum absolute atomic E-state index is 6.08. The first kappa shape index (κ1) is 12.4. The normalized spacial score (nSPS) is 16.8. The van der Waals surface area contributed by atoms with E-state index in [9.17, 15) is 0 Å². The lowest BCUT2D eigenvalue weighted by molar-refractivity contribution is 0.140. The molecule has 0 spiro atoms. The lowest BCUT2D eigenvalue weighted by atomic mass is 10.1. The highest BCUT2D eigenvalue weighted by molar-refractivity contribution is 5.29. The summed E-state index contributed by atoms with van der Waals surface area (Å²) in [5.41, 5.74) is 7.22. The molecule has 1 unspecified atom stereocenters. The summed E-state index contributed by atoms with van der Waals surface area (Å²) in [5, 5.41) is 0. The van der Waals surface area contributed by atoms with E-state index >= 15 is 0 Å². The van der Waals surface area contributed by atoms with Crippen LogP contribution in [-0.4, -0.2) is 19.3 Å². The second-order valence-corrected chi connectivity index (χ2v) is 4.48. The van der Waals surface area contributed by atoms with Gasteiger partial charge in [-0.2, -0.15) is 0 Å². The van der Waals surface area contributed by atoms with Crippen LogP contribution in [0.15, 0.2) is 24.3 Å². The van der Waals surface area contributed by atoms with Gasteiger partial charge in [-0.05, 0) is 43.9 Å². The van der Waals surface area contributed by atoms with E-state index in [1.54, 1.807) is 0 Å². The van der Waals surface area contributed by atoms with Gasteiger partial charge < -0.3 is 15.2 Å². The molecule has 1 saturated carbocycles. The Kier molecular flexibility index (Phi) is 4.40. The van der Waals surface area contributed by atoms with Crippen molar-refractivity contribution < 1.29 is 9.47 Å². The molecule has 0 saturated heterocycles. The lowest BCUT2D eigenvalue weighted by Gasteiger charge is -2.12. The molecule has 0 aromatic heterocycles. The third-order valence-electron chi connectivity index (χ3n) is 2.91. The van der Waals surface area contributed by atoms with Crippen LogP contribution < -0.4 is 10.5 Å². The minimum Gasteiger partial charge on any atom is -0.490 e. The third-order valence-corrected chi connectivity index (χ3v) is 2.91. The minimum atomic E-state index is 0.0523. The fraction of sp³-hybridized carbons (Fsp3) is 0.571. The lowest BCUT2D eigenvalue weighted by Crippen LogP contribution is -2.13. The van der Waals surface area contributed by atoms with Crippen LogP contribution in [0.1, 0.15) is 37.8 Å². The molecule has 3 nitrogen and oxygen atoms in total. The summed E-state index contributed by atoms with van der Waals surface area (Å²) >= 11 is 0. The predicted octanol–water partition coefficient (Wildman–Crippen LogP) is 2.65. The Bertz CT molecular complexity index is 333. The summed E-state index contributed by atoms with van der Waals surface area (Å²) in [6.07, 6.45) is 3.69. The molecule has 17 heavy (non-hydrogen) atoms. The van der Waals surface area contributed by atoms with Crippen LogP contribution in [-0.2, 0) is 4.74 Å².